The number of hydrogen-bond donors (Lipinski definition) is 0. The van der Waals surface area contributed by atoms with Crippen LogP contribution in [0, 0.1) is 17.3 Å². The highest BCUT2D eigenvalue weighted by Gasteiger charge is 2.38. The molecule has 1 aliphatic rings. The molecule has 1 aliphatic carbocycles. The van der Waals surface area contributed by atoms with Gasteiger partial charge in [-0.05, 0) is 56.9 Å². The second-order valence-corrected chi connectivity index (χ2v) is 6.10. The molecule has 1 nitrogen and oxygen atoms in total. The largest absolute Gasteiger partial charge is 0.295 e. The Hall–Kier alpha value is -0.850. The Kier molecular flexibility index (Phi) is 4.01. The first-order valence-electron chi connectivity index (χ1n) is 6.55. The summed E-state index contributed by atoms with van der Waals surface area (Å²) >= 11 is 0. The van der Waals surface area contributed by atoms with Gasteiger partial charge >= 0.3 is 0 Å². The van der Waals surface area contributed by atoms with Crippen LogP contribution in [-0.2, 0) is 4.79 Å². The lowest BCUT2D eigenvalue weighted by Crippen LogP contribution is -2.27. The average molecular weight is 234 g/mol. The fourth-order valence-electron chi connectivity index (χ4n) is 2.90. The maximum Gasteiger partial charge on any atom is 0.155 e. The average Bonchev–Trinajstić information content (AvgIpc) is 2.51. The molecule has 0 spiro atoms. The van der Waals surface area contributed by atoms with Crippen LogP contribution in [0.2, 0.25) is 0 Å². The Labute approximate surface area is 106 Å². The van der Waals surface area contributed by atoms with Gasteiger partial charge in [-0.1, -0.05) is 38.0 Å². The maximum absolute atomic E-state index is 11.5. The minimum absolute atomic E-state index is 0.204. The van der Waals surface area contributed by atoms with E-state index in [-0.39, 0.29) is 11.2 Å². The number of Topliss-reactive ketones (excluding diaryl/α,β-unsaturated/α-hetero) is 1. The van der Waals surface area contributed by atoms with Crippen molar-refractivity contribution in [2.24, 2.45) is 17.3 Å². The SMILES string of the molecule is CC(=O)/C(C)=C(\C)C(C)C1CC=C(C)C1(C)C. The molecule has 17 heavy (non-hydrogen) atoms. The minimum Gasteiger partial charge on any atom is -0.295 e. The quantitative estimate of drug-likeness (QED) is 0.517. The molecule has 1 rings (SSSR count). The van der Waals surface area contributed by atoms with E-state index in [4.69, 9.17) is 0 Å². The zero-order chi connectivity index (χ0) is 13.4. The van der Waals surface area contributed by atoms with E-state index in [9.17, 15) is 4.79 Å². The van der Waals surface area contributed by atoms with Gasteiger partial charge in [0.15, 0.2) is 5.78 Å². The molecule has 0 aromatic heterocycles. The van der Waals surface area contributed by atoms with Crippen molar-refractivity contribution in [1.29, 1.82) is 0 Å². The molecule has 0 saturated heterocycles. The van der Waals surface area contributed by atoms with E-state index in [1.165, 1.54) is 11.1 Å². The molecule has 0 aliphatic heterocycles. The van der Waals surface area contributed by atoms with E-state index in [1.54, 1.807) is 6.92 Å². The topological polar surface area (TPSA) is 17.1 Å². The lowest BCUT2D eigenvalue weighted by atomic mass is 9.69. The monoisotopic (exact) mass is 234 g/mol. The van der Waals surface area contributed by atoms with Crippen LogP contribution in [-0.4, -0.2) is 5.78 Å². The van der Waals surface area contributed by atoms with Crippen molar-refractivity contribution in [1.82, 2.24) is 0 Å². The molecule has 0 bridgehead atoms. The summed E-state index contributed by atoms with van der Waals surface area (Å²) in [5.74, 6) is 1.30. The molecule has 1 heteroatoms. The molecular formula is C16H26O. The molecular weight excluding hydrogens is 208 g/mol. The third kappa shape index (κ3) is 2.53. The summed E-state index contributed by atoms with van der Waals surface area (Å²) in [6.45, 7) is 14.9. The van der Waals surface area contributed by atoms with E-state index in [1.807, 2.05) is 6.92 Å². The molecule has 96 valence electrons. The highest BCUT2D eigenvalue weighted by molar-refractivity contribution is 5.93. The fraction of sp³-hybridized carbons (Fsp3) is 0.688. The summed E-state index contributed by atoms with van der Waals surface area (Å²) in [4.78, 5) is 11.5. The Morgan fingerprint density at radius 1 is 1.35 bits per heavy atom. The van der Waals surface area contributed by atoms with Crippen molar-refractivity contribution in [2.75, 3.05) is 0 Å². The van der Waals surface area contributed by atoms with Crippen LogP contribution in [0.4, 0.5) is 0 Å². The van der Waals surface area contributed by atoms with Crippen LogP contribution in [0.25, 0.3) is 0 Å². The third-order valence-electron chi connectivity index (χ3n) is 5.03. The van der Waals surface area contributed by atoms with E-state index in [0.717, 1.165) is 12.0 Å². The van der Waals surface area contributed by atoms with Gasteiger partial charge in [-0.2, -0.15) is 0 Å². The van der Waals surface area contributed by atoms with E-state index in [2.05, 4.69) is 40.7 Å². The van der Waals surface area contributed by atoms with Crippen LogP contribution in [0.5, 0.6) is 0 Å². The van der Waals surface area contributed by atoms with E-state index in [0.29, 0.717) is 11.8 Å². The standard InChI is InChI=1S/C16H26O/c1-10-8-9-15(16(10,6)7)13(4)11(2)12(3)14(5)17/h8,13,15H,9H2,1-7H3/b12-11+. The van der Waals surface area contributed by atoms with Gasteiger partial charge in [-0.15, -0.1) is 0 Å². The summed E-state index contributed by atoms with van der Waals surface area (Å²) in [6.07, 6.45) is 3.50. The van der Waals surface area contributed by atoms with Crippen molar-refractivity contribution in [2.45, 2.75) is 54.9 Å². The van der Waals surface area contributed by atoms with Crippen LogP contribution in [0.15, 0.2) is 22.8 Å². The van der Waals surface area contributed by atoms with Crippen molar-refractivity contribution in [3.63, 3.8) is 0 Å². The molecule has 2 atom stereocenters. The van der Waals surface area contributed by atoms with Gasteiger partial charge in [0.05, 0.1) is 0 Å². The minimum atomic E-state index is 0.204. The fourth-order valence-corrected chi connectivity index (χ4v) is 2.90. The molecule has 0 aromatic rings. The van der Waals surface area contributed by atoms with Gasteiger partial charge in [0.1, 0.15) is 0 Å². The van der Waals surface area contributed by atoms with Crippen molar-refractivity contribution < 1.29 is 4.79 Å². The number of carbonyl (C=O) groups excluding carboxylic acids is 1. The first-order chi connectivity index (χ1) is 7.69. The molecule has 0 saturated carbocycles. The van der Waals surface area contributed by atoms with Gasteiger partial charge in [-0.25, -0.2) is 0 Å². The van der Waals surface area contributed by atoms with E-state index >= 15 is 0 Å². The summed E-state index contributed by atoms with van der Waals surface area (Å²) in [5, 5.41) is 0. The van der Waals surface area contributed by atoms with Gasteiger partial charge in [0.25, 0.3) is 0 Å². The normalized spacial score (nSPS) is 26.3. The zero-order valence-corrected chi connectivity index (χ0v) is 12.3. The van der Waals surface area contributed by atoms with Crippen molar-refractivity contribution >= 4 is 5.78 Å². The summed E-state index contributed by atoms with van der Waals surface area (Å²) in [6, 6.07) is 0. The molecule has 0 N–H and O–H groups in total. The number of hydrogen-bond acceptors (Lipinski definition) is 1. The number of allylic oxidation sites excluding steroid dienone is 4. The first kappa shape index (κ1) is 14.2. The number of rotatable bonds is 3. The first-order valence-corrected chi connectivity index (χ1v) is 6.55. The second kappa shape index (κ2) is 4.80. The van der Waals surface area contributed by atoms with Gasteiger partial charge in [0.2, 0.25) is 0 Å². The van der Waals surface area contributed by atoms with Crippen LogP contribution in [0.3, 0.4) is 0 Å². The Balaban J connectivity index is 2.98. The van der Waals surface area contributed by atoms with Crippen LogP contribution >= 0.6 is 0 Å². The smallest absolute Gasteiger partial charge is 0.155 e. The van der Waals surface area contributed by atoms with E-state index < -0.39 is 0 Å². The number of ketones is 1. The Bertz CT molecular complexity index is 382. The highest BCUT2D eigenvalue weighted by atomic mass is 16.1. The molecule has 0 aromatic carbocycles. The molecule has 0 radical (unpaired) electrons. The Morgan fingerprint density at radius 3 is 2.24 bits per heavy atom. The molecule has 2 unspecified atom stereocenters. The zero-order valence-electron chi connectivity index (χ0n) is 12.3. The molecule has 0 amide bonds. The van der Waals surface area contributed by atoms with Crippen molar-refractivity contribution in [3.05, 3.63) is 22.8 Å². The second-order valence-electron chi connectivity index (χ2n) is 6.10. The van der Waals surface area contributed by atoms with Gasteiger partial charge < -0.3 is 0 Å². The predicted molar refractivity (Wildman–Crippen MR) is 73.9 cm³/mol. The van der Waals surface area contributed by atoms with Crippen LogP contribution < -0.4 is 0 Å². The highest BCUT2D eigenvalue weighted by Crippen LogP contribution is 2.48. The maximum atomic E-state index is 11.5. The lowest BCUT2D eigenvalue weighted by molar-refractivity contribution is -0.113. The van der Waals surface area contributed by atoms with Crippen LogP contribution in [0.1, 0.15) is 54.9 Å². The van der Waals surface area contributed by atoms with Gasteiger partial charge in [0, 0.05) is 0 Å². The van der Waals surface area contributed by atoms with Gasteiger partial charge in [-0.3, -0.25) is 4.79 Å². The van der Waals surface area contributed by atoms with Crippen molar-refractivity contribution in [3.8, 4) is 0 Å². The summed E-state index contributed by atoms with van der Waals surface area (Å²) < 4.78 is 0. The summed E-state index contributed by atoms with van der Waals surface area (Å²) in [5.41, 5.74) is 3.96. The molecule has 0 heterocycles. The lowest BCUT2D eigenvalue weighted by Gasteiger charge is -2.35. The summed E-state index contributed by atoms with van der Waals surface area (Å²) in [7, 11) is 0. The number of carbonyl (C=O) groups is 1. The predicted octanol–water partition coefficient (Wildman–Crippen LogP) is 4.54. The Morgan fingerprint density at radius 2 is 1.88 bits per heavy atom. The molecule has 0 fully saturated rings. The third-order valence-corrected chi connectivity index (χ3v) is 5.03.